The molecule has 88 valence electrons. The van der Waals surface area contributed by atoms with Crippen molar-refractivity contribution in [1.82, 2.24) is 9.97 Å². The normalized spacial score (nSPS) is 10.3. The number of benzene rings is 1. The van der Waals surface area contributed by atoms with Crippen LogP contribution in [-0.4, -0.2) is 16.6 Å². The average molecular weight is 253 g/mol. The molecule has 0 saturated carbocycles. The highest BCUT2D eigenvalue weighted by atomic mass is 35.5. The van der Waals surface area contributed by atoms with Crippen LogP contribution in [0.4, 0.5) is 4.39 Å². The minimum atomic E-state index is -0.418. The van der Waals surface area contributed by atoms with Gasteiger partial charge in [-0.2, -0.15) is 0 Å². The zero-order valence-corrected chi connectivity index (χ0v) is 9.91. The molecule has 0 N–H and O–H groups in total. The van der Waals surface area contributed by atoms with Gasteiger partial charge in [0.2, 0.25) is 0 Å². The summed E-state index contributed by atoms with van der Waals surface area (Å²) in [6.07, 6.45) is 1.34. The summed E-state index contributed by atoms with van der Waals surface area (Å²) in [6.45, 7) is 2.23. The van der Waals surface area contributed by atoms with E-state index in [0.29, 0.717) is 23.0 Å². The van der Waals surface area contributed by atoms with Crippen molar-refractivity contribution in [2.45, 2.75) is 6.92 Å². The summed E-state index contributed by atoms with van der Waals surface area (Å²) in [4.78, 5) is 7.79. The minimum Gasteiger partial charge on any atom is -0.491 e. The lowest BCUT2D eigenvalue weighted by Gasteiger charge is -2.06. The Bertz CT molecular complexity index is 534. The molecule has 2 aromatic rings. The van der Waals surface area contributed by atoms with Crippen LogP contribution in [0.25, 0.3) is 11.3 Å². The van der Waals surface area contributed by atoms with E-state index in [1.54, 1.807) is 25.1 Å². The largest absolute Gasteiger partial charge is 0.491 e. The molecule has 5 heteroatoms. The summed E-state index contributed by atoms with van der Waals surface area (Å²) >= 11 is 5.75. The maximum atomic E-state index is 13.6. The lowest BCUT2D eigenvalue weighted by atomic mass is 10.1. The zero-order chi connectivity index (χ0) is 12.3. The SMILES string of the molecule is CCOc1ccc(-c2cc(Cl)ncn2)cc1F. The highest BCUT2D eigenvalue weighted by molar-refractivity contribution is 6.29. The first kappa shape index (κ1) is 11.8. The van der Waals surface area contributed by atoms with E-state index in [1.807, 2.05) is 0 Å². The van der Waals surface area contributed by atoms with Crippen LogP contribution in [0.2, 0.25) is 5.15 Å². The third kappa shape index (κ3) is 2.71. The first-order valence-electron chi connectivity index (χ1n) is 5.11. The van der Waals surface area contributed by atoms with E-state index in [2.05, 4.69) is 9.97 Å². The Hall–Kier alpha value is -1.68. The van der Waals surface area contributed by atoms with E-state index in [9.17, 15) is 4.39 Å². The monoisotopic (exact) mass is 252 g/mol. The van der Waals surface area contributed by atoms with Gasteiger partial charge in [-0.15, -0.1) is 0 Å². The van der Waals surface area contributed by atoms with Crippen molar-refractivity contribution in [3.05, 3.63) is 41.6 Å². The fraction of sp³-hybridized carbons (Fsp3) is 0.167. The number of ether oxygens (including phenoxy) is 1. The molecule has 0 atom stereocenters. The van der Waals surface area contributed by atoms with Gasteiger partial charge in [0.05, 0.1) is 12.3 Å². The average Bonchev–Trinajstić information content (AvgIpc) is 2.32. The molecule has 2 rings (SSSR count). The fourth-order valence-corrected chi connectivity index (χ4v) is 1.57. The van der Waals surface area contributed by atoms with Crippen molar-refractivity contribution in [1.29, 1.82) is 0 Å². The Kier molecular flexibility index (Phi) is 3.54. The van der Waals surface area contributed by atoms with Gasteiger partial charge in [0.25, 0.3) is 0 Å². The number of hydrogen-bond acceptors (Lipinski definition) is 3. The Balaban J connectivity index is 2.37. The standard InChI is InChI=1S/C12H10ClFN2O/c1-2-17-11-4-3-8(5-9(11)14)10-6-12(13)16-7-15-10/h3-7H,2H2,1H3. The van der Waals surface area contributed by atoms with Crippen LogP contribution >= 0.6 is 11.6 Å². The highest BCUT2D eigenvalue weighted by Gasteiger charge is 2.07. The summed E-state index contributed by atoms with van der Waals surface area (Å²) in [6, 6.07) is 6.25. The first-order chi connectivity index (χ1) is 8.20. The van der Waals surface area contributed by atoms with E-state index in [0.717, 1.165) is 0 Å². The molecule has 0 aliphatic heterocycles. The molecule has 0 radical (unpaired) electrons. The molecule has 1 aromatic heterocycles. The highest BCUT2D eigenvalue weighted by Crippen LogP contribution is 2.25. The van der Waals surface area contributed by atoms with Crippen molar-refractivity contribution in [2.75, 3.05) is 6.61 Å². The number of hydrogen-bond donors (Lipinski definition) is 0. The second-order valence-corrected chi connectivity index (χ2v) is 3.69. The smallest absolute Gasteiger partial charge is 0.165 e. The molecule has 0 unspecified atom stereocenters. The van der Waals surface area contributed by atoms with Gasteiger partial charge >= 0.3 is 0 Å². The number of aromatic nitrogens is 2. The van der Waals surface area contributed by atoms with Crippen LogP contribution in [0, 0.1) is 5.82 Å². The fourth-order valence-electron chi connectivity index (χ4n) is 1.42. The molecule has 0 aliphatic carbocycles. The summed E-state index contributed by atoms with van der Waals surface area (Å²) < 4.78 is 18.7. The van der Waals surface area contributed by atoms with Crippen molar-refractivity contribution < 1.29 is 9.13 Å². The molecule has 0 saturated heterocycles. The molecule has 0 aliphatic rings. The minimum absolute atomic E-state index is 0.233. The summed E-state index contributed by atoms with van der Waals surface area (Å²) in [5.74, 6) is -0.185. The molecule has 0 amide bonds. The van der Waals surface area contributed by atoms with Crippen molar-refractivity contribution >= 4 is 11.6 Å². The molecule has 0 spiro atoms. The Morgan fingerprint density at radius 1 is 1.29 bits per heavy atom. The van der Waals surface area contributed by atoms with Crippen molar-refractivity contribution in [3.8, 4) is 17.0 Å². The Labute approximate surface area is 103 Å². The second-order valence-electron chi connectivity index (χ2n) is 3.30. The lowest BCUT2D eigenvalue weighted by Crippen LogP contribution is -1.95. The molecule has 3 nitrogen and oxygen atoms in total. The van der Waals surface area contributed by atoms with Crippen LogP contribution in [0.5, 0.6) is 5.75 Å². The van der Waals surface area contributed by atoms with Gasteiger partial charge in [-0.1, -0.05) is 11.6 Å². The third-order valence-corrected chi connectivity index (χ3v) is 2.37. The second kappa shape index (κ2) is 5.10. The Morgan fingerprint density at radius 3 is 2.76 bits per heavy atom. The van der Waals surface area contributed by atoms with Crippen LogP contribution in [0.1, 0.15) is 6.92 Å². The predicted octanol–water partition coefficient (Wildman–Crippen LogP) is 3.33. The van der Waals surface area contributed by atoms with E-state index < -0.39 is 5.82 Å². The summed E-state index contributed by atoms with van der Waals surface area (Å²) in [5, 5.41) is 0.323. The third-order valence-electron chi connectivity index (χ3n) is 2.16. The van der Waals surface area contributed by atoms with Crippen LogP contribution in [0.3, 0.4) is 0 Å². The molecule has 1 aromatic carbocycles. The topological polar surface area (TPSA) is 35.0 Å². The first-order valence-corrected chi connectivity index (χ1v) is 5.48. The number of nitrogens with zero attached hydrogens (tertiary/aromatic N) is 2. The molecular formula is C12H10ClFN2O. The quantitative estimate of drug-likeness (QED) is 0.786. The van der Waals surface area contributed by atoms with E-state index in [4.69, 9.17) is 16.3 Å². The van der Waals surface area contributed by atoms with Crippen LogP contribution < -0.4 is 4.74 Å². The number of rotatable bonds is 3. The van der Waals surface area contributed by atoms with Gasteiger partial charge < -0.3 is 4.74 Å². The molecule has 1 heterocycles. The van der Waals surface area contributed by atoms with Gasteiger partial charge in [0, 0.05) is 11.6 Å². The van der Waals surface area contributed by atoms with Gasteiger partial charge in [0.15, 0.2) is 11.6 Å². The molecule has 0 bridgehead atoms. The lowest BCUT2D eigenvalue weighted by molar-refractivity contribution is 0.321. The van der Waals surface area contributed by atoms with E-state index in [-0.39, 0.29) is 5.75 Å². The molecule has 17 heavy (non-hydrogen) atoms. The van der Waals surface area contributed by atoms with Crippen molar-refractivity contribution in [3.63, 3.8) is 0 Å². The maximum absolute atomic E-state index is 13.6. The molecular weight excluding hydrogens is 243 g/mol. The van der Waals surface area contributed by atoms with Gasteiger partial charge in [-0.25, -0.2) is 14.4 Å². The Morgan fingerprint density at radius 2 is 2.12 bits per heavy atom. The maximum Gasteiger partial charge on any atom is 0.165 e. The van der Waals surface area contributed by atoms with Crippen LogP contribution in [-0.2, 0) is 0 Å². The van der Waals surface area contributed by atoms with E-state index in [1.165, 1.54) is 12.4 Å². The number of halogens is 2. The van der Waals surface area contributed by atoms with Crippen molar-refractivity contribution in [2.24, 2.45) is 0 Å². The summed E-state index contributed by atoms with van der Waals surface area (Å²) in [5.41, 5.74) is 1.21. The van der Waals surface area contributed by atoms with Gasteiger partial charge in [0.1, 0.15) is 11.5 Å². The van der Waals surface area contributed by atoms with Crippen LogP contribution in [0.15, 0.2) is 30.6 Å². The zero-order valence-electron chi connectivity index (χ0n) is 9.15. The summed E-state index contributed by atoms with van der Waals surface area (Å²) in [7, 11) is 0. The molecule has 0 fully saturated rings. The van der Waals surface area contributed by atoms with E-state index >= 15 is 0 Å². The van der Waals surface area contributed by atoms with Gasteiger partial charge in [-0.3, -0.25) is 0 Å². The van der Waals surface area contributed by atoms with Gasteiger partial charge in [-0.05, 0) is 25.1 Å². The predicted molar refractivity (Wildman–Crippen MR) is 63.6 cm³/mol.